The summed E-state index contributed by atoms with van der Waals surface area (Å²) in [5.74, 6) is -0.170. The third-order valence-corrected chi connectivity index (χ3v) is 8.06. The van der Waals surface area contributed by atoms with E-state index in [1.165, 1.54) is 7.11 Å². The molecule has 2 aromatic carbocycles. The Morgan fingerprint density at radius 2 is 1.74 bits per heavy atom. The highest BCUT2D eigenvalue weighted by Crippen LogP contribution is 2.39. The van der Waals surface area contributed by atoms with Gasteiger partial charge in [0.1, 0.15) is 5.69 Å². The van der Waals surface area contributed by atoms with Gasteiger partial charge in [0.2, 0.25) is 10.0 Å². The van der Waals surface area contributed by atoms with E-state index in [2.05, 4.69) is 26.8 Å². The molecule has 1 saturated heterocycles. The quantitative estimate of drug-likeness (QED) is 0.334. The van der Waals surface area contributed by atoms with Crippen LogP contribution < -0.4 is 14.8 Å². The number of rotatable bonds is 8. The number of anilines is 2. The van der Waals surface area contributed by atoms with E-state index in [4.69, 9.17) is 9.47 Å². The second-order valence-electron chi connectivity index (χ2n) is 11.6. The second kappa shape index (κ2) is 12.2. The molecular weight excluding hydrogens is 558 g/mol. The number of methoxy groups -OCH3 is 1. The van der Waals surface area contributed by atoms with E-state index >= 15 is 0 Å². The number of amides is 2. The zero-order chi connectivity index (χ0) is 30.8. The first-order valence-electron chi connectivity index (χ1n) is 14.0. The van der Waals surface area contributed by atoms with Gasteiger partial charge in [0, 0.05) is 37.6 Å². The number of sulfonamides is 1. The van der Waals surface area contributed by atoms with E-state index < -0.39 is 10.0 Å². The van der Waals surface area contributed by atoms with E-state index in [9.17, 15) is 18.0 Å². The number of fused-ring (bicyclic) bond motifs is 1. The Kier molecular flexibility index (Phi) is 9.07. The number of ether oxygens (including phenoxy) is 2. The molecule has 1 unspecified atom stereocenters. The van der Waals surface area contributed by atoms with Gasteiger partial charge in [0.15, 0.2) is 5.75 Å². The average molecular weight is 600 g/mol. The molecule has 11 nitrogen and oxygen atoms in total. The summed E-state index contributed by atoms with van der Waals surface area (Å²) < 4.78 is 37.3. The topological polar surface area (TPSA) is 133 Å². The van der Waals surface area contributed by atoms with Gasteiger partial charge >= 0.3 is 6.09 Å². The SMILES string of the molecule is CCOC(=O)N1CCN(C(C)c2cccc3cc(C(=O)Nc4cc(C(C)(C)C)cc(NS(C)(=O)=O)c4OC)[nH]c23)CC1. The number of carbonyl (C=O) groups is 2. The Morgan fingerprint density at radius 3 is 2.33 bits per heavy atom. The number of nitrogens with zero attached hydrogens (tertiary/aromatic N) is 2. The van der Waals surface area contributed by atoms with Gasteiger partial charge in [-0.1, -0.05) is 39.0 Å². The number of piperazine rings is 1. The van der Waals surface area contributed by atoms with E-state index in [1.54, 1.807) is 30.0 Å². The van der Waals surface area contributed by atoms with Gasteiger partial charge in [-0.3, -0.25) is 14.4 Å². The van der Waals surface area contributed by atoms with Crippen LogP contribution in [0, 0.1) is 0 Å². The standard InChI is InChI=1S/C30H41N5O6S/c1-8-41-29(37)35-14-12-34(13-15-35)19(2)22-11-9-10-20-16-25(31-26(20)22)28(36)32-23-17-21(30(3,4)5)18-24(27(23)40-6)33-42(7,38)39/h9-11,16-19,31,33H,8,12-15H2,1-7H3,(H,32,36). The largest absolute Gasteiger partial charge is 0.492 e. The van der Waals surface area contributed by atoms with Crippen LogP contribution in [0.5, 0.6) is 5.75 Å². The van der Waals surface area contributed by atoms with Crippen molar-refractivity contribution in [2.45, 2.75) is 46.1 Å². The summed E-state index contributed by atoms with van der Waals surface area (Å²) in [6.07, 6.45) is 0.786. The number of nitrogens with one attached hydrogen (secondary N) is 3. The van der Waals surface area contributed by atoms with Gasteiger partial charge < -0.3 is 24.7 Å². The first-order valence-corrected chi connectivity index (χ1v) is 15.9. The van der Waals surface area contributed by atoms with Gasteiger partial charge in [0.05, 0.1) is 36.9 Å². The van der Waals surface area contributed by atoms with Crippen LogP contribution in [0.15, 0.2) is 36.4 Å². The van der Waals surface area contributed by atoms with E-state index in [0.717, 1.165) is 28.3 Å². The molecule has 3 aromatic rings. The van der Waals surface area contributed by atoms with Crippen LogP contribution in [-0.4, -0.2) is 81.4 Å². The van der Waals surface area contributed by atoms with Gasteiger partial charge in [0.25, 0.3) is 5.91 Å². The normalized spacial score (nSPS) is 15.4. The lowest BCUT2D eigenvalue weighted by molar-refractivity contribution is 0.0688. The molecule has 0 aliphatic carbocycles. The summed E-state index contributed by atoms with van der Waals surface area (Å²) in [6.45, 7) is 12.9. The number of para-hydroxylation sites is 1. The molecule has 1 atom stereocenters. The van der Waals surface area contributed by atoms with Crippen LogP contribution in [0.25, 0.3) is 10.9 Å². The molecule has 2 heterocycles. The Hall–Kier alpha value is -3.77. The number of aromatic amines is 1. The monoisotopic (exact) mass is 599 g/mol. The van der Waals surface area contributed by atoms with Gasteiger partial charge in [-0.2, -0.15) is 0 Å². The number of benzene rings is 2. The van der Waals surface area contributed by atoms with Crippen LogP contribution in [0.1, 0.15) is 62.3 Å². The highest BCUT2D eigenvalue weighted by atomic mass is 32.2. The van der Waals surface area contributed by atoms with Crippen molar-refractivity contribution in [2.75, 3.05) is 56.2 Å². The smallest absolute Gasteiger partial charge is 0.409 e. The molecule has 228 valence electrons. The molecule has 1 aliphatic rings. The molecule has 1 aromatic heterocycles. The van der Waals surface area contributed by atoms with Crippen LogP contribution in [0.2, 0.25) is 0 Å². The van der Waals surface area contributed by atoms with Crippen molar-refractivity contribution >= 4 is 44.3 Å². The third kappa shape index (κ3) is 6.99. The summed E-state index contributed by atoms with van der Waals surface area (Å²) in [6, 6.07) is 11.3. The Balaban J connectivity index is 1.61. The summed E-state index contributed by atoms with van der Waals surface area (Å²) in [7, 11) is -2.17. The zero-order valence-corrected chi connectivity index (χ0v) is 26.1. The number of carbonyl (C=O) groups excluding carboxylic acids is 2. The van der Waals surface area contributed by atoms with E-state index in [-0.39, 0.29) is 34.9 Å². The van der Waals surface area contributed by atoms with Crippen molar-refractivity contribution in [1.82, 2.24) is 14.8 Å². The Morgan fingerprint density at radius 1 is 1.07 bits per heavy atom. The van der Waals surface area contributed by atoms with E-state index in [1.807, 2.05) is 39.0 Å². The highest BCUT2D eigenvalue weighted by Gasteiger charge is 2.27. The minimum atomic E-state index is -3.60. The number of hydrogen-bond acceptors (Lipinski definition) is 7. The molecule has 0 radical (unpaired) electrons. The minimum absolute atomic E-state index is 0.0424. The fraction of sp³-hybridized carbons (Fsp3) is 0.467. The van der Waals surface area contributed by atoms with Crippen LogP contribution in [0.3, 0.4) is 0 Å². The van der Waals surface area contributed by atoms with Crippen molar-refractivity contribution in [3.05, 3.63) is 53.2 Å². The molecule has 1 fully saturated rings. The highest BCUT2D eigenvalue weighted by molar-refractivity contribution is 7.92. The predicted molar refractivity (Wildman–Crippen MR) is 165 cm³/mol. The third-order valence-electron chi connectivity index (χ3n) is 7.47. The molecule has 1 aliphatic heterocycles. The summed E-state index contributed by atoms with van der Waals surface area (Å²) in [5, 5.41) is 3.82. The lowest BCUT2D eigenvalue weighted by Crippen LogP contribution is -2.49. The minimum Gasteiger partial charge on any atom is -0.492 e. The lowest BCUT2D eigenvalue weighted by atomic mass is 9.86. The summed E-state index contributed by atoms with van der Waals surface area (Å²) in [5.41, 5.74) is 3.36. The maximum absolute atomic E-state index is 13.5. The molecule has 12 heteroatoms. The second-order valence-corrected chi connectivity index (χ2v) is 13.3. The van der Waals surface area contributed by atoms with Gasteiger partial charge in [-0.05, 0) is 48.6 Å². The van der Waals surface area contributed by atoms with Crippen molar-refractivity contribution < 1.29 is 27.5 Å². The molecule has 0 bridgehead atoms. The van der Waals surface area contributed by atoms with Crippen LogP contribution in [-0.2, 0) is 20.2 Å². The number of hydrogen-bond donors (Lipinski definition) is 3. The first kappa shape index (κ1) is 31.2. The molecular formula is C30H41N5O6S. The van der Waals surface area contributed by atoms with Gasteiger partial charge in [-0.25, -0.2) is 13.2 Å². The molecule has 42 heavy (non-hydrogen) atoms. The van der Waals surface area contributed by atoms with E-state index in [0.29, 0.717) is 44.2 Å². The summed E-state index contributed by atoms with van der Waals surface area (Å²) >= 11 is 0. The molecule has 4 rings (SSSR count). The summed E-state index contributed by atoms with van der Waals surface area (Å²) in [4.78, 5) is 33.0. The molecule has 3 N–H and O–H groups in total. The Bertz CT molecular complexity index is 1570. The predicted octanol–water partition coefficient (Wildman–Crippen LogP) is 4.93. The van der Waals surface area contributed by atoms with Crippen LogP contribution >= 0.6 is 0 Å². The van der Waals surface area contributed by atoms with Crippen molar-refractivity contribution in [3.8, 4) is 5.75 Å². The Labute approximate surface area is 247 Å². The fourth-order valence-electron chi connectivity index (χ4n) is 5.19. The molecule has 2 amide bonds. The number of aromatic nitrogens is 1. The fourth-order valence-corrected chi connectivity index (χ4v) is 5.74. The first-order chi connectivity index (χ1) is 19.7. The maximum atomic E-state index is 13.5. The van der Waals surface area contributed by atoms with Crippen molar-refractivity contribution in [3.63, 3.8) is 0 Å². The lowest BCUT2D eigenvalue weighted by Gasteiger charge is -2.37. The van der Waals surface area contributed by atoms with Crippen molar-refractivity contribution in [1.29, 1.82) is 0 Å². The maximum Gasteiger partial charge on any atom is 0.409 e. The molecule has 0 saturated carbocycles. The number of H-pyrrole nitrogens is 1. The van der Waals surface area contributed by atoms with Crippen molar-refractivity contribution in [2.24, 2.45) is 0 Å². The van der Waals surface area contributed by atoms with Gasteiger partial charge in [-0.15, -0.1) is 0 Å². The van der Waals surface area contributed by atoms with Crippen LogP contribution in [0.4, 0.5) is 16.2 Å². The average Bonchev–Trinajstić information content (AvgIpc) is 3.36. The molecule has 0 spiro atoms. The zero-order valence-electron chi connectivity index (χ0n) is 25.3.